The maximum absolute atomic E-state index is 13.2. The minimum Gasteiger partial charge on any atom is -0.356 e. The summed E-state index contributed by atoms with van der Waals surface area (Å²) in [6, 6.07) is 9.14. The van der Waals surface area contributed by atoms with Gasteiger partial charge >= 0.3 is 0 Å². The normalized spacial score (nSPS) is 19.4. The summed E-state index contributed by atoms with van der Waals surface area (Å²) in [7, 11) is -3.48. The summed E-state index contributed by atoms with van der Waals surface area (Å²) in [6.07, 6.45) is 3.87. The topological polar surface area (TPSA) is 69.6 Å². The molecule has 1 aromatic carbocycles. The minimum atomic E-state index is -3.48. The molecule has 2 fully saturated rings. The number of sulfonamides is 1. The van der Waals surface area contributed by atoms with Gasteiger partial charge in [-0.1, -0.05) is 17.7 Å². The molecular formula is C22H25Cl2N5O2S2. The van der Waals surface area contributed by atoms with Crippen molar-refractivity contribution in [2.24, 2.45) is 5.92 Å². The summed E-state index contributed by atoms with van der Waals surface area (Å²) in [5, 5.41) is 1.81. The number of piperidine rings is 1. The third-order valence-electron chi connectivity index (χ3n) is 6.45. The molecule has 2 aromatic heterocycles. The van der Waals surface area contributed by atoms with Gasteiger partial charge in [0.05, 0.1) is 0 Å². The van der Waals surface area contributed by atoms with Gasteiger partial charge in [-0.05, 0) is 60.0 Å². The first-order chi connectivity index (χ1) is 15.9. The van der Waals surface area contributed by atoms with Crippen LogP contribution in [0, 0.1) is 5.92 Å². The zero-order valence-electron chi connectivity index (χ0n) is 18.0. The molecule has 0 saturated carbocycles. The molecule has 4 heterocycles. The molecule has 2 aliphatic heterocycles. The Bertz CT molecular complexity index is 1240. The fourth-order valence-corrected chi connectivity index (χ4v) is 7.99. The van der Waals surface area contributed by atoms with Crippen LogP contribution in [-0.4, -0.2) is 73.4 Å². The Balaban J connectivity index is 1.14. The molecule has 0 radical (unpaired) electrons. The van der Waals surface area contributed by atoms with Crippen molar-refractivity contribution >= 4 is 60.5 Å². The second-order valence-electron chi connectivity index (χ2n) is 8.57. The highest BCUT2D eigenvalue weighted by Gasteiger charge is 2.31. The molecule has 33 heavy (non-hydrogen) atoms. The van der Waals surface area contributed by atoms with E-state index in [4.69, 9.17) is 23.2 Å². The lowest BCUT2D eigenvalue weighted by atomic mass is 9.96. The quantitative estimate of drug-likeness (QED) is 0.464. The van der Waals surface area contributed by atoms with E-state index in [0.717, 1.165) is 61.5 Å². The Morgan fingerprint density at radius 3 is 2.48 bits per heavy atom. The van der Waals surface area contributed by atoms with Crippen molar-refractivity contribution in [2.45, 2.75) is 17.1 Å². The summed E-state index contributed by atoms with van der Waals surface area (Å²) in [4.78, 5) is 12.9. The monoisotopic (exact) mass is 525 g/mol. The van der Waals surface area contributed by atoms with Crippen molar-refractivity contribution in [3.8, 4) is 0 Å². The molecule has 0 N–H and O–H groups in total. The fourth-order valence-electron chi connectivity index (χ4n) is 4.60. The molecule has 0 aliphatic carbocycles. The van der Waals surface area contributed by atoms with Crippen molar-refractivity contribution in [2.75, 3.05) is 50.7 Å². The smallest absolute Gasteiger partial charge is 0.252 e. The van der Waals surface area contributed by atoms with Crippen LogP contribution in [0.3, 0.4) is 0 Å². The second kappa shape index (κ2) is 9.64. The van der Waals surface area contributed by atoms with Crippen LogP contribution in [0.25, 0.3) is 10.1 Å². The predicted octanol–water partition coefficient (Wildman–Crippen LogP) is 4.22. The van der Waals surface area contributed by atoms with Gasteiger partial charge in [-0.15, -0.1) is 11.3 Å². The Hall–Kier alpha value is -1.49. The Kier molecular flexibility index (Phi) is 6.79. The molecule has 176 valence electrons. The molecule has 0 bridgehead atoms. The summed E-state index contributed by atoms with van der Waals surface area (Å²) in [6.45, 7) is 5.47. The number of nitrogens with zero attached hydrogens (tertiary/aromatic N) is 5. The van der Waals surface area contributed by atoms with Crippen LogP contribution in [0.5, 0.6) is 0 Å². The molecule has 2 saturated heterocycles. The first-order valence-corrected chi connectivity index (χ1v) is 14.0. The van der Waals surface area contributed by atoms with Crippen molar-refractivity contribution in [1.82, 2.24) is 19.2 Å². The molecule has 3 aromatic rings. The molecule has 0 unspecified atom stereocenters. The standard InChI is InChI=1S/C22H25Cl2N5O2S2/c23-18-2-1-17-13-21(32-19(17)14-18)33(30,31)29-11-9-27(10-12-29)15-16-4-7-28(8-5-16)20-3-6-25-22(24)26-20/h1-3,6,13-14,16H,4-5,7-12,15H2. The summed E-state index contributed by atoms with van der Waals surface area (Å²) in [5.41, 5.74) is 0. The third kappa shape index (κ3) is 5.13. The van der Waals surface area contributed by atoms with Gasteiger partial charge in [-0.25, -0.2) is 18.4 Å². The number of piperazine rings is 1. The SMILES string of the molecule is O=S(=O)(c1cc2ccc(Cl)cc2s1)N1CCN(CC2CCN(c3ccnc(Cl)n3)CC2)CC1. The maximum Gasteiger partial charge on any atom is 0.252 e. The second-order valence-corrected chi connectivity index (χ2v) is 12.6. The van der Waals surface area contributed by atoms with Gasteiger partial charge in [0.15, 0.2) is 0 Å². The van der Waals surface area contributed by atoms with Gasteiger partial charge < -0.3 is 9.80 Å². The van der Waals surface area contributed by atoms with Crippen molar-refractivity contribution in [3.05, 3.63) is 46.8 Å². The van der Waals surface area contributed by atoms with E-state index in [-0.39, 0.29) is 5.28 Å². The van der Waals surface area contributed by atoms with Crippen molar-refractivity contribution in [3.63, 3.8) is 0 Å². The van der Waals surface area contributed by atoms with Crippen LogP contribution in [0.4, 0.5) is 5.82 Å². The van der Waals surface area contributed by atoms with Gasteiger partial charge in [0.25, 0.3) is 10.0 Å². The molecule has 2 aliphatic rings. The van der Waals surface area contributed by atoms with Crippen LogP contribution in [0.15, 0.2) is 40.7 Å². The van der Waals surface area contributed by atoms with Crippen LogP contribution in [-0.2, 0) is 10.0 Å². The van der Waals surface area contributed by atoms with E-state index in [9.17, 15) is 8.42 Å². The van der Waals surface area contributed by atoms with Gasteiger partial charge in [-0.3, -0.25) is 0 Å². The lowest BCUT2D eigenvalue weighted by Gasteiger charge is -2.38. The molecule has 7 nitrogen and oxygen atoms in total. The fraction of sp³-hybridized carbons (Fsp3) is 0.455. The van der Waals surface area contributed by atoms with Crippen LogP contribution in [0.1, 0.15) is 12.8 Å². The van der Waals surface area contributed by atoms with E-state index in [1.54, 1.807) is 22.6 Å². The molecule has 11 heteroatoms. The van der Waals surface area contributed by atoms with E-state index >= 15 is 0 Å². The maximum atomic E-state index is 13.2. The highest BCUT2D eigenvalue weighted by molar-refractivity contribution is 7.91. The van der Waals surface area contributed by atoms with Crippen molar-refractivity contribution < 1.29 is 8.42 Å². The average molecular weight is 527 g/mol. The number of hydrogen-bond donors (Lipinski definition) is 0. The highest BCUT2D eigenvalue weighted by Crippen LogP contribution is 2.33. The predicted molar refractivity (Wildman–Crippen MR) is 134 cm³/mol. The summed E-state index contributed by atoms with van der Waals surface area (Å²) in [5.74, 6) is 1.49. The first kappa shape index (κ1) is 23.3. The molecule has 0 amide bonds. The van der Waals surface area contributed by atoms with Crippen molar-refractivity contribution in [1.29, 1.82) is 0 Å². The van der Waals surface area contributed by atoms with Gasteiger partial charge in [0.1, 0.15) is 10.0 Å². The van der Waals surface area contributed by atoms with Gasteiger partial charge in [-0.2, -0.15) is 4.31 Å². The van der Waals surface area contributed by atoms with E-state index in [1.807, 2.05) is 18.2 Å². The molecule has 0 atom stereocenters. The Labute approximate surface area is 208 Å². The number of benzene rings is 1. The Morgan fingerprint density at radius 2 is 1.76 bits per heavy atom. The van der Waals surface area contributed by atoms with Gasteiger partial charge in [0.2, 0.25) is 5.28 Å². The molecule has 0 spiro atoms. The van der Waals surface area contributed by atoms with Crippen LogP contribution < -0.4 is 4.90 Å². The largest absolute Gasteiger partial charge is 0.356 e. The summed E-state index contributed by atoms with van der Waals surface area (Å²) < 4.78 is 29.3. The Morgan fingerprint density at radius 1 is 1.00 bits per heavy atom. The van der Waals surface area contributed by atoms with E-state index in [0.29, 0.717) is 28.2 Å². The van der Waals surface area contributed by atoms with E-state index < -0.39 is 10.0 Å². The van der Waals surface area contributed by atoms with Gasteiger partial charge in [0, 0.05) is 61.7 Å². The molecular weight excluding hydrogens is 501 g/mol. The zero-order chi connectivity index (χ0) is 23.0. The number of thiophene rings is 1. The lowest BCUT2D eigenvalue weighted by molar-refractivity contribution is 0.155. The van der Waals surface area contributed by atoms with E-state index in [2.05, 4.69) is 19.8 Å². The number of halogens is 2. The minimum absolute atomic E-state index is 0.280. The number of rotatable bonds is 5. The average Bonchev–Trinajstić information content (AvgIpc) is 3.24. The van der Waals surface area contributed by atoms with Crippen LogP contribution >= 0.6 is 34.5 Å². The molecule has 5 rings (SSSR count). The lowest BCUT2D eigenvalue weighted by Crippen LogP contribution is -2.50. The number of aromatic nitrogens is 2. The number of hydrogen-bond acceptors (Lipinski definition) is 7. The highest BCUT2D eigenvalue weighted by atomic mass is 35.5. The van der Waals surface area contributed by atoms with E-state index in [1.165, 1.54) is 11.3 Å². The summed E-state index contributed by atoms with van der Waals surface area (Å²) >= 11 is 13.3. The number of anilines is 1. The first-order valence-electron chi connectivity index (χ1n) is 11.0. The number of fused-ring (bicyclic) bond motifs is 1. The third-order valence-corrected chi connectivity index (χ3v) is 10.3. The zero-order valence-corrected chi connectivity index (χ0v) is 21.2. The van der Waals surface area contributed by atoms with Crippen LogP contribution in [0.2, 0.25) is 10.3 Å².